The number of amides is 1. The number of likely N-dealkylation sites (tertiary alicyclic amines) is 1. The van der Waals surface area contributed by atoms with Gasteiger partial charge in [0, 0.05) is 13.1 Å². The largest absolute Gasteiger partial charge is 0.481 e. The van der Waals surface area contributed by atoms with Crippen molar-refractivity contribution in [2.45, 2.75) is 39.5 Å². The first-order valence-electron chi connectivity index (χ1n) is 8.09. The Balaban J connectivity index is 1.75. The summed E-state index contributed by atoms with van der Waals surface area (Å²) in [6.07, 6.45) is 8.07. The van der Waals surface area contributed by atoms with Crippen LogP contribution < -0.4 is 0 Å². The smallest absolute Gasteiger partial charge is 0.307 e. The van der Waals surface area contributed by atoms with Gasteiger partial charge >= 0.3 is 5.97 Å². The average molecular weight is 291 g/mol. The molecule has 1 heterocycles. The maximum atomic E-state index is 12.9. The molecule has 1 saturated heterocycles. The van der Waals surface area contributed by atoms with Gasteiger partial charge in [-0.2, -0.15) is 0 Å². The summed E-state index contributed by atoms with van der Waals surface area (Å²) < 4.78 is 0. The fourth-order valence-electron chi connectivity index (χ4n) is 4.35. The van der Waals surface area contributed by atoms with Crippen molar-refractivity contribution in [1.82, 2.24) is 4.90 Å². The van der Waals surface area contributed by atoms with Crippen LogP contribution in [-0.2, 0) is 9.59 Å². The summed E-state index contributed by atoms with van der Waals surface area (Å²) in [5.74, 6) is -1.37. The van der Waals surface area contributed by atoms with Gasteiger partial charge in [-0.1, -0.05) is 26.0 Å². The van der Waals surface area contributed by atoms with E-state index < -0.39 is 11.9 Å². The normalized spacial score (nSPS) is 37.5. The number of hydrogen-bond donors (Lipinski definition) is 1. The zero-order chi connectivity index (χ0) is 15.2. The summed E-state index contributed by atoms with van der Waals surface area (Å²) in [4.78, 5) is 26.4. The molecule has 2 unspecified atom stereocenters. The molecule has 0 radical (unpaired) electrons. The molecule has 0 aromatic rings. The Bertz CT molecular complexity index is 482. The minimum Gasteiger partial charge on any atom is -0.481 e. The van der Waals surface area contributed by atoms with Crippen LogP contribution in [0.2, 0.25) is 0 Å². The van der Waals surface area contributed by atoms with E-state index in [1.807, 2.05) is 11.0 Å². The fraction of sp³-hybridized carbons (Fsp3) is 0.765. The number of fused-ring (bicyclic) bond motifs is 2. The molecule has 1 amide bonds. The van der Waals surface area contributed by atoms with Gasteiger partial charge in [-0.05, 0) is 42.9 Å². The molecule has 0 aromatic carbocycles. The molecule has 2 fully saturated rings. The van der Waals surface area contributed by atoms with Gasteiger partial charge in [-0.25, -0.2) is 0 Å². The van der Waals surface area contributed by atoms with Crippen molar-refractivity contribution in [1.29, 1.82) is 0 Å². The molecule has 0 aromatic heterocycles. The van der Waals surface area contributed by atoms with Gasteiger partial charge in [0.25, 0.3) is 0 Å². The molecule has 4 nitrogen and oxygen atoms in total. The molecule has 2 bridgehead atoms. The number of rotatable bonds is 2. The Morgan fingerprint density at radius 3 is 2.43 bits per heavy atom. The van der Waals surface area contributed by atoms with Crippen molar-refractivity contribution in [2.24, 2.45) is 29.1 Å². The maximum absolute atomic E-state index is 12.9. The zero-order valence-corrected chi connectivity index (χ0v) is 12.9. The van der Waals surface area contributed by atoms with E-state index in [1.165, 1.54) is 0 Å². The minimum absolute atomic E-state index is 0.0601. The summed E-state index contributed by atoms with van der Waals surface area (Å²) in [7, 11) is 0. The lowest BCUT2D eigenvalue weighted by Gasteiger charge is -2.30. The van der Waals surface area contributed by atoms with Crippen LogP contribution in [0.15, 0.2) is 12.2 Å². The Kier molecular flexibility index (Phi) is 3.58. The molecule has 3 rings (SSSR count). The van der Waals surface area contributed by atoms with Gasteiger partial charge in [-0.3, -0.25) is 9.59 Å². The van der Waals surface area contributed by atoms with E-state index in [1.54, 1.807) is 0 Å². The van der Waals surface area contributed by atoms with Gasteiger partial charge < -0.3 is 10.0 Å². The number of carbonyl (C=O) groups is 2. The lowest BCUT2D eigenvalue weighted by Crippen LogP contribution is -2.43. The van der Waals surface area contributed by atoms with Crippen LogP contribution in [0.5, 0.6) is 0 Å². The molecular weight excluding hydrogens is 266 g/mol. The van der Waals surface area contributed by atoms with Crippen LogP contribution in [0.4, 0.5) is 0 Å². The SMILES string of the molecule is CC1(C)CCCN(C(=O)[C@H]2C3C=CC(C3)[C@H]2C(=O)O)CC1. The third-order valence-electron chi connectivity index (χ3n) is 5.68. The Labute approximate surface area is 126 Å². The Morgan fingerprint density at radius 2 is 1.76 bits per heavy atom. The highest BCUT2D eigenvalue weighted by Crippen LogP contribution is 2.49. The Morgan fingerprint density at radius 1 is 1.10 bits per heavy atom. The summed E-state index contributed by atoms with van der Waals surface area (Å²) in [6, 6.07) is 0. The quantitative estimate of drug-likeness (QED) is 0.795. The van der Waals surface area contributed by atoms with Crippen LogP contribution in [0.1, 0.15) is 39.5 Å². The fourth-order valence-corrected chi connectivity index (χ4v) is 4.35. The van der Waals surface area contributed by atoms with Crippen molar-refractivity contribution < 1.29 is 14.7 Å². The Hall–Kier alpha value is -1.32. The molecule has 0 spiro atoms. The van der Waals surface area contributed by atoms with E-state index in [9.17, 15) is 14.7 Å². The zero-order valence-electron chi connectivity index (χ0n) is 12.9. The van der Waals surface area contributed by atoms with E-state index >= 15 is 0 Å². The molecule has 4 heteroatoms. The summed E-state index contributed by atoms with van der Waals surface area (Å²) in [5.41, 5.74) is 0.288. The molecular formula is C17H25NO3. The van der Waals surface area contributed by atoms with E-state index in [-0.39, 0.29) is 29.1 Å². The number of allylic oxidation sites excluding steroid dienone is 2. The van der Waals surface area contributed by atoms with Crippen LogP contribution in [0, 0.1) is 29.1 Å². The van der Waals surface area contributed by atoms with Gasteiger partial charge in [0.15, 0.2) is 0 Å². The number of carboxylic acids is 1. The number of hydrogen-bond acceptors (Lipinski definition) is 2. The van der Waals surface area contributed by atoms with Crippen molar-refractivity contribution in [3.63, 3.8) is 0 Å². The van der Waals surface area contributed by atoms with E-state index in [4.69, 9.17) is 0 Å². The number of carbonyl (C=O) groups excluding carboxylic acids is 1. The van der Waals surface area contributed by atoms with Crippen LogP contribution in [-0.4, -0.2) is 35.0 Å². The summed E-state index contributed by atoms with van der Waals surface area (Å²) in [6.45, 7) is 6.06. The second-order valence-electron chi connectivity index (χ2n) is 7.68. The highest BCUT2D eigenvalue weighted by atomic mass is 16.4. The molecule has 1 aliphatic heterocycles. The van der Waals surface area contributed by atoms with Crippen LogP contribution in [0.25, 0.3) is 0 Å². The van der Waals surface area contributed by atoms with E-state index in [0.29, 0.717) is 0 Å². The van der Waals surface area contributed by atoms with Gasteiger partial charge in [0.05, 0.1) is 11.8 Å². The minimum atomic E-state index is -0.805. The van der Waals surface area contributed by atoms with Crippen molar-refractivity contribution in [3.05, 3.63) is 12.2 Å². The summed E-state index contributed by atoms with van der Waals surface area (Å²) >= 11 is 0. The molecule has 21 heavy (non-hydrogen) atoms. The first-order chi connectivity index (χ1) is 9.89. The standard InChI is InChI=1S/C17H25NO3/c1-17(2)6-3-8-18(9-7-17)15(19)13-11-4-5-12(10-11)14(13)16(20)21/h4-5,11-14H,3,6-10H2,1-2H3,(H,20,21)/t11?,12?,13-,14+/m0/s1. The lowest BCUT2D eigenvalue weighted by molar-refractivity contribution is -0.151. The topological polar surface area (TPSA) is 57.6 Å². The third kappa shape index (κ3) is 2.60. The van der Waals surface area contributed by atoms with Crippen LogP contribution in [0.3, 0.4) is 0 Å². The maximum Gasteiger partial charge on any atom is 0.307 e. The molecule has 116 valence electrons. The van der Waals surface area contributed by atoms with E-state index in [2.05, 4.69) is 19.9 Å². The van der Waals surface area contributed by atoms with Crippen molar-refractivity contribution in [3.8, 4) is 0 Å². The third-order valence-corrected chi connectivity index (χ3v) is 5.68. The summed E-state index contributed by atoms with van der Waals surface area (Å²) in [5, 5.41) is 9.49. The molecule has 2 aliphatic carbocycles. The van der Waals surface area contributed by atoms with Gasteiger partial charge in [0.1, 0.15) is 0 Å². The second-order valence-corrected chi connectivity index (χ2v) is 7.68. The average Bonchev–Trinajstić information content (AvgIpc) is 2.97. The van der Waals surface area contributed by atoms with Crippen LogP contribution >= 0.6 is 0 Å². The predicted molar refractivity (Wildman–Crippen MR) is 79.6 cm³/mol. The number of aliphatic carboxylic acids is 1. The highest BCUT2D eigenvalue weighted by Gasteiger charge is 2.52. The number of carboxylic acid groups (broad SMARTS) is 1. The highest BCUT2D eigenvalue weighted by molar-refractivity contribution is 5.87. The number of nitrogens with zero attached hydrogens (tertiary/aromatic N) is 1. The molecule has 3 aliphatic rings. The monoisotopic (exact) mass is 291 g/mol. The molecule has 1 saturated carbocycles. The van der Waals surface area contributed by atoms with Gasteiger partial charge in [-0.15, -0.1) is 0 Å². The second kappa shape index (κ2) is 5.15. The van der Waals surface area contributed by atoms with Crippen molar-refractivity contribution >= 4 is 11.9 Å². The molecule has 1 N–H and O–H groups in total. The first kappa shape index (κ1) is 14.6. The van der Waals surface area contributed by atoms with Crippen molar-refractivity contribution in [2.75, 3.05) is 13.1 Å². The predicted octanol–water partition coefficient (Wildman–Crippen LogP) is 2.55. The van der Waals surface area contributed by atoms with E-state index in [0.717, 1.165) is 38.8 Å². The van der Waals surface area contributed by atoms with Gasteiger partial charge in [0.2, 0.25) is 5.91 Å². The first-order valence-corrected chi connectivity index (χ1v) is 8.09. The lowest BCUT2D eigenvalue weighted by atomic mass is 9.82. The molecule has 4 atom stereocenters.